The van der Waals surface area contributed by atoms with Gasteiger partial charge in [0.1, 0.15) is 11.9 Å². The minimum absolute atomic E-state index is 0.101. The largest absolute Gasteiger partial charge is 0.494 e. The third-order valence-corrected chi connectivity index (χ3v) is 6.63. The summed E-state index contributed by atoms with van der Waals surface area (Å²) < 4.78 is 11.5. The predicted molar refractivity (Wildman–Crippen MR) is 148 cm³/mol. The zero-order valence-electron chi connectivity index (χ0n) is 22.5. The number of carbonyl (C=O) groups excluding carboxylic acids is 1. The van der Waals surface area contributed by atoms with Crippen molar-refractivity contribution >= 4 is 5.97 Å². The van der Waals surface area contributed by atoms with Crippen LogP contribution in [0.2, 0.25) is 0 Å². The number of esters is 1. The van der Waals surface area contributed by atoms with E-state index in [0.29, 0.717) is 6.42 Å². The number of benzene rings is 2. The van der Waals surface area contributed by atoms with Gasteiger partial charge in [-0.3, -0.25) is 4.79 Å². The van der Waals surface area contributed by atoms with Crippen LogP contribution < -0.4 is 4.74 Å². The van der Waals surface area contributed by atoms with Crippen molar-refractivity contribution in [3.8, 4) is 16.9 Å². The van der Waals surface area contributed by atoms with Crippen LogP contribution in [0.3, 0.4) is 0 Å². The van der Waals surface area contributed by atoms with Crippen LogP contribution in [0.4, 0.5) is 0 Å². The maximum atomic E-state index is 12.1. The summed E-state index contributed by atoms with van der Waals surface area (Å²) in [5.74, 6) is 0.833. The van der Waals surface area contributed by atoms with Gasteiger partial charge < -0.3 is 9.47 Å². The molecule has 0 aliphatic rings. The molecule has 2 rings (SSSR count). The Balaban J connectivity index is 1.67. The summed E-state index contributed by atoms with van der Waals surface area (Å²) in [6.45, 7) is 7.17. The van der Waals surface area contributed by atoms with Gasteiger partial charge in [-0.1, -0.05) is 121 Å². The van der Waals surface area contributed by atoms with Gasteiger partial charge in [-0.25, -0.2) is 0 Å². The first kappa shape index (κ1) is 28.9. The second-order valence-corrected chi connectivity index (χ2v) is 9.77. The summed E-state index contributed by atoms with van der Waals surface area (Å²) in [6, 6.07) is 16.6. The summed E-state index contributed by atoms with van der Waals surface area (Å²) in [4.78, 5) is 12.1. The lowest BCUT2D eigenvalue weighted by Gasteiger charge is -2.14. The molecule has 0 radical (unpaired) electrons. The number of rotatable bonds is 19. The highest BCUT2D eigenvalue weighted by molar-refractivity contribution is 5.69. The van der Waals surface area contributed by atoms with Gasteiger partial charge in [0, 0.05) is 6.42 Å². The number of carbonyl (C=O) groups is 1. The topological polar surface area (TPSA) is 35.5 Å². The van der Waals surface area contributed by atoms with Crippen molar-refractivity contribution in [2.24, 2.45) is 0 Å². The second-order valence-electron chi connectivity index (χ2n) is 9.77. The molecular weight excluding hydrogens is 432 g/mol. The van der Waals surface area contributed by atoms with Crippen molar-refractivity contribution in [1.82, 2.24) is 0 Å². The fourth-order valence-electron chi connectivity index (χ4n) is 4.31. The molecule has 0 bridgehead atoms. The van der Waals surface area contributed by atoms with Crippen molar-refractivity contribution in [3.63, 3.8) is 0 Å². The van der Waals surface area contributed by atoms with Crippen molar-refractivity contribution in [3.05, 3.63) is 54.1 Å². The van der Waals surface area contributed by atoms with Gasteiger partial charge in [-0.05, 0) is 48.6 Å². The van der Waals surface area contributed by atoms with E-state index in [0.717, 1.165) is 48.3 Å². The van der Waals surface area contributed by atoms with E-state index in [-0.39, 0.29) is 12.1 Å². The smallest absolute Gasteiger partial charge is 0.306 e. The molecule has 0 saturated carbocycles. The summed E-state index contributed by atoms with van der Waals surface area (Å²) in [5.41, 5.74) is 3.33. The third kappa shape index (κ3) is 12.3. The molecular formula is C32H48O3. The minimum Gasteiger partial charge on any atom is -0.494 e. The number of hydrogen-bond acceptors (Lipinski definition) is 3. The molecule has 0 saturated heterocycles. The molecule has 3 nitrogen and oxygen atoms in total. The van der Waals surface area contributed by atoms with E-state index in [1.807, 2.05) is 6.92 Å². The Morgan fingerprint density at radius 1 is 0.657 bits per heavy atom. The monoisotopic (exact) mass is 480 g/mol. The molecule has 0 spiro atoms. The van der Waals surface area contributed by atoms with E-state index in [1.165, 1.54) is 64.2 Å². The molecule has 0 aliphatic heterocycles. The highest BCUT2D eigenvalue weighted by Gasteiger charge is 2.12. The van der Waals surface area contributed by atoms with Gasteiger partial charge in [0.2, 0.25) is 0 Å². The second kappa shape index (κ2) is 18.0. The lowest BCUT2D eigenvalue weighted by Crippen LogP contribution is -2.08. The van der Waals surface area contributed by atoms with E-state index in [2.05, 4.69) is 62.4 Å². The van der Waals surface area contributed by atoms with Crippen molar-refractivity contribution < 1.29 is 14.3 Å². The lowest BCUT2D eigenvalue weighted by atomic mass is 10.0. The molecule has 2 aromatic carbocycles. The number of unbranched alkanes of at least 4 members (excludes halogenated alkanes) is 11. The van der Waals surface area contributed by atoms with Crippen molar-refractivity contribution in [2.45, 2.75) is 117 Å². The molecule has 2 aromatic rings. The zero-order valence-corrected chi connectivity index (χ0v) is 22.5. The van der Waals surface area contributed by atoms with Gasteiger partial charge in [0.25, 0.3) is 0 Å². The highest BCUT2D eigenvalue weighted by atomic mass is 16.5. The minimum atomic E-state index is -0.223. The molecule has 35 heavy (non-hydrogen) atoms. The number of ether oxygens (including phenoxy) is 2. The van der Waals surface area contributed by atoms with Gasteiger partial charge in [0.05, 0.1) is 6.61 Å². The fourth-order valence-corrected chi connectivity index (χ4v) is 4.31. The maximum absolute atomic E-state index is 12.1. The highest BCUT2D eigenvalue weighted by Crippen LogP contribution is 2.26. The summed E-state index contributed by atoms with van der Waals surface area (Å²) in [6.07, 6.45) is 16.6. The van der Waals surface area contributed by atoms with Crippen molar-refractivity contribution in [1.29, 1.82) is 0 Å². The number of hydrogen-bond donors (Lipinski definition) is 0. The maximum Gasteiger partial charge on any atom is 0.306 e. The lowest BCUT2D eigenvalue weighted by molar-refractivity contribution is -0.148. The molecule has 1 unspecified atom stereocenters. The Labute approximate surface area is 214 Å². The molecule has 0 heterocycles. The van der Waals surface area contributed by atoms with Crippen LogP contribution in [-0.2, 0) is 9.53 Å². The molecule has 0 amide bonds. The van der Waals surface area contributed by atoms with Gasteiger partial charge in [-0.15, -0.1) is 0 Å². The quantitative estimate of drug-likeness (QED) is 0.148. The zero-order chi connectivity index (χ0) is 25.1. The van der Waals surface area contributed by atoms with Crippen LogP contribution in [0, 0.1) is 0 Å². The Hall–Kier alpha value is -2.29. The first-order valence-corrected chi connectivity index (χ1v) is 14.2. The van der Waals surface area contributed by atoms with Gasteiger partial charge in [-0.2, -0.15) is 0 Å². The van der Waals surface area contributed by atoms with Crippen molar-refractivity contribution in [2.75, 3.05) is 6.61 Å². The average Bonchev–Trinajstić information content (AvgIpc) is 2.88. The van der Waals surface area contributed by atoms with Crippen LogP contribution in [-0.4, -0.2) is 12.6 Å². The molecule has 0 N–H and O–H groups in total. The predicted octanol–water partition coefficient (Wildman–Crippen LogP) is 9.84. The third-order valence-electron chi connectivity index (χ3n) is 6.63. The van der Waals surface area contributed by atoms with E-state index in [1.54, 1.807) is 0 Å². The van der Waals surface area contributed by atoms with Gasteiger partial charge in [0.15, 0.2) is 0 Å². The first-order valence-electron chi connectivity index (χ1n) is 14.2. The van der Waals surface area contributed by atoms with E-state index in [4.69, 9.17) is 9.47 Å². The van der Waals surface area contributed by atoms with Crippen LogP contribution in [0.1, 0.15) is 122 Å². The Kier molecular flexibility index (Phi) is 14.9. The summed E-state index contributed by atoms with van der Waals surface area (Å²) in [5, 5.41) is 0. The van der Waals surface area contributed by atoms with Crippen LogP contribution in [0.25, 0.3) is 11.1 Å². The molecule has 3 heteroatoms. The molecule has 194 valence electrons. The normalized spacial score (nSPS) is 11.9. The molecule has 0 fully saturated rings. The van der Waals surface area contributed by atoms with E-state index >= 15 is 0 Å². The molecule has 1 atom stereocenters. The standard InChI is InChI=1S/C32H48O3/c1-4-6-8-10-11-12-13-14-16-26-34-31-24-22-30(23-25-31)29-20-18-28(19-21-29)27(3)35-32(33)17-15-9-7-5-2/h18-25,27H,4-17,26H2,1-3H3. The first-order chi connectivity index (χ1) is 17.1. The molecule has 0 aliphatic carbocycles. The van der Waals surface area contributed by atoms with E-state index < -0.39 is 0 Å². The van der Waals surface area contributed by atoms with Gasteiger partial charge >= 0.3 is 5.97 Å². The average molecular weight is 481 g/mol. The Morgan fingerprint density at radius 3 is 1.71 bits per heavy atom. The van der Waals surface area contributed by atoms with Crippen LogP contribution >= 0.6 is 0 Å². The Bertz CT molecular complexity index is 795. The van der Waals surface area contributed by atoms with Crippen LogP contribution in [0.5, 0.6) is 5.75 Å². The SMILES string of the molecule is CCCCCCCCCCCOc1ccc(-c2ccc(C(C)OC(=O)CCCCCC)cc2)cc1. The summed E-state index contributed by atoms with van der Waals surface area (Å²) >= 11 is 0. The van der Waals surface area contributed by atoms with E-state index in [9.17, 15) is 4.79 Å². The summed E-state index contributed by atoms with van der Waals surface area (Å²) in [7, 11) is 0. The fraction of sp³-hybridized carbons (Fsp3) is 0.594. The Morgan fingerprint density at radius 2 is 1.14 bits per heavy atom. The van der Waals surface area contributed by atoms with Crippen LogP contribution in [0.15, 0.2) is 48.5 Å². The molecule has 0 aromatic heterocycles.